The third-order valence-electron chi connectivity index (χ3n) is 10.1. The molecule has 0 heteroatoms. The minimum atomic E-state index is 0.528. The predicted octanol–water partition coefficient (Wildman–Crippen LogP) is 13.5. The van der Waals surface area contributed by atoms with Crippen molar-refractivity contribution in [1.29, 1.82) is 0 Å². The average molecular weight is 585 g/mol. The lowest BCUT2D eigenvalue weighted by molar-refractivity contribution is 0.445. The van der Waals surface area contributed by atoms with E-state index in [4.69, 9.17) is 0 Å². The van der Waals surface area contributed by atoms with Gasteiger partial charge in [0.1, 0.15) is 0 Å². The smallest absolute Gasteiger partial charge is 0.00201 e. The standard InChI is InChI=1S/C45H44/c1-4-16-33(29-31(3)5-2)34-19-15-20-35(30-34)44-39-23-11-13-25-41(39)45(42-26-14-12-24-40(42)44)43-28-27-36(32-17-7-6-8-18-32)37-21-9-10-22-38(37)43/h4,9-16,19-32H,5-8,17-18H2,1-3H3/b16-4-,33-29+/t31-/m1/s1. The minimum Gasteiger partial charge on any atom is -0.0871 e. The summed E-state index contributed by atoms with van der Waals surface area (Å²) in [6, 6.07) is 41.4. The summed E-state index contributed by atoms with van der Waals surface area (Å²) in [5.41, 5.74) is 9.37. The van der Waals surface area contributed by atoms with Crippen molar-refractivity contribution in [2.24, 2.45) is 5.92 Å². The lowest BCUT2D eigenvalue weighted by atomic mass is 9.79. The van der Waals surface area contributed by atoms with E-state index in [2.05, 4.69) is 148 Å². The Morgan fingerprint density at radius 3 is 1.89 bits per heavy atom. The van der Waals surface area contributed by atoms with Gasteiger partial charge in [0.05, 0.1) is 0 Å². The molecule has 0 spiro atoms. The van der Waals surface area contributed by atoms with Gasteiger partial charge in [-0.25, -0.2) is 0 Å². The van der Waals surface area contributed by atoms with E-state index in [1.165, 1.54) is 97.8 Å². The van der Waals surface area contributed by atoms with Crippen molar-refractivity contribution in [1.82, 2.24) is 0 Å². The van der Waals surface area contributed by atoms with Gasteiger partial charge in [-0.1, -0.05) is 161 Å². The Kier molecular flexibility index (Phi) is 8.40. The topological polar surface area (TPSA) is 0 Å². The van der Waals surface area contributed by atoms with E-state index in [1.54, 1.807) is 5.56 Å². The van der Waals surface area contributed by atoms with Crippen molar-refractivity contribution < 1.29 is 0 Å². The number of rotatable bonds is 7. The molecular weight excluding hydrogens is 540 g/mol. The highest BCUT2D eigenvalue weighted by molar-refractivity contribution is 6.23. The fourth-order valence-electron chi connectivity index (χ4n) is 7.75. The first kappa shape index (κ1) is 29.3. The first-order valence-corrected chi connectivity index (χ1v) is 17.1. The molecule has 0 nitrogen and oxygen atoms in total. The molecule has 7 rings (SSSR count). The molecule has 1 aliphatic carbocycles. The van der Waals surface area contributed by atoms with E-state index in [9.17, 15) is 0 Å². The van der Waals surface area contributed by atoms with Crippen molar-refractivity contribution in [3.63, 3.8) is 0 Å². The van der Waals surface area contributed by atoms with Crippen molar-refractivity contribution >= 4 is 37.9 Å². The molecule has 1 saturated carbocycles. The molecule has 0 saturated heterocycles. The molecule has 1 atom stereocenters. The molecule has 45 heavy (non-hydrogen) atoms. The van der Waals surface area contributed by atoms with Gasteiger partial charge in [0.2, 0.25) is 0 Å². The maximum absolute atomic E-state index is 2.46. The molecule has 1 fully saturated rings. The van der Waals surface area contributed by atoms with Gasteiger partial charge >= 0.3 is 0 Å². The van der Waals surface area contributed by atoms with Gasteiger partial charge in [-0.05, 0) is 109 Å². The van der Waals surface area contributed by atoms with Crippen LogP contribution in [0.25, 0.3) is 60.1 Å². The maximum Gasteiger partial charge on any atom is -0.00201 e. The summed E-state index contributed by atoms with van der Waals surface area (Å²) in [6.07, 6.45) is 14.7. The second-order valence-electron chi connectivity index (χ2n) is 13.0. The van der Waals surface area contributed by atoms with E-state index < -0.39 is 0 Å². The zero-order valence-electron chi connectivity index (χ0n) is 27.0. The monoisotopic (exact) mass is 584 g/mol. The third kappa shape index (κ3) is 5.53. The largest absolute Gasteiger partial charge is 0.0871 e. The summed E-state index contributed by atoms with van der Waals surface area (Å²) in [6.45, 7) is 6.68. The zero-order valence-corrected chi connectivity index (χ0v) is 27.0. The van der Waals surface area contributed by atoms with Crippen LogP contribution in [-0.4, -0.2) is 0 Å². The fourth-order valence-corrected chi connectivity index (χ4v) is 7.75. The van der Waals surface area contributed by atoms with E-state index >= 15 is 0 Å². The van der Waals surface area contributed by atoms with Gasteiger partial charge in [0, 0.05) is 0 Å². The van der Waals surface area contributed by atoms with Crippen molar-refractivity contribution in [2.45, 2.75) is 65.2 Å². The van der Waals surface area contributed by atoms with Gasteiger partial charge in [-0.2, -0.15) is 0 Å². The maximum atomic E-state index is 2.46. The molecule has 1 aliphatic rings. The summed E-state index contributed by atoms with van der Waals surface area (Å²) >= 11 is 0. The molecule has 0 heterocycles. The third-order valence-corrected chi connectivity index (χ3v) is 10.1. The fraction of sp³-hybridized carbons (Fsp3) is 0.244. The van der Waals surface area contributed by atoms with Gasteiger partial charge < -0.3 is 0 Å². The highest BCUT2D eigenvalue weighted by atomic mass is 14.3. The van der Waals surface area contributed by atoms with Crippen LogP contribution in [0, 0.1) is 5.92 Å². The van der Waals surface area contributed by atoms with Crippen LogP contribution in [0.15, 0.2) is 127 Å². The molecule has 6 aromatic carbocycles. The van der Waals surface area contributed by atoms with Crippen LogP contribution in [0.5, 0.6) is 0 Å². The van der Waals surface area contributed by atoms with Crippen molar-refractivity contribution in [3.05, 3.63) is 139 Å². The first-order chi connectivity index (χ1) is 22.2. The van der Waals surface area contributed by atoms with E-state index in [0.717, 1.165) is 6.42 Å². The molecule has 224 valence electrons. The summed E-state index contributed by atoms with van der Waals surface area (Å²) < 4.78 is 0. The van der Waals surface area contributed by atoms with Crippen LogP contribution in [-0.2, 0) is 0 Å². The van der Waals surface area contributed by atoms with Gasteiger partial charge in [-0.3, -0.25) is 0 Å². The zero-order chi connectivity index (χ0) is 30.8. The van der Waals surface area contributed by atoms with Crippen LogP contribution in [0.3, 0.4) is 0 Å². The van der Waals surface area contributed by atoms with E-state index in [1.807, 2.05) is 0 Å². The molecule has 0 aromatic heterocycles. The number of hydrogen-bond acceptors (Lipinski definition) is 0. The molecule has 0 amide bonds. The summed E-state index contributed by atoms with van der Waals surface area (Å²) in [5, 5.41) is 8.05. The molecule has 0 aliphatic heterocycles. The van der Waals surface area contributed by atoms with Crippen LogP contribution < -0.4 is 0 Å². The first-order valence-electron chi connectivity index (χ1n) is 17.1. The molecule has 6 aromatic rings. The van der Waals surface area contributed by atoms with Crippen molar-refractivity contribution in [2.75, 3.05) is 0 Å². The Bertz CT molecular complexity index is 1990. The second kappa shape index (κ2) is 12.9. The van der Waals surface area contributed by atoms with E-state index in [0.29, 0.717) is 11.8 Å². The second-order valence-corrected chi connectivity index (χ2v) is 13.0. The number of hydrogen-bond donors (Lipinski definition) is 0. The van der Waals surface area contributed by atoms with Crippen LogP contribution in [0.2, 0.25) is 0 Å². The average Bonchev–Trinajstić information content (AvgIpc) is 3.10. The molecule has 0 bridgehead atoms. The molecule has 0 radical (unpaired) electrons. The Morgan fingerprint density at radius 2 is 1.27 bits per heavy atom. The summed E-state index contributed by atoms with van der Waals surface area (Å²) in [4.78, 5) is 0. The van der Waals surface area contributed by atoms with Gasteiger partial charge in [0.25, 0.3) is 0 Å². The lowest BCUT2D eigenvalue weighted by Crippen LogP contribution is -2.05. The highest BCUT2D eigenvalue weighted by Gasteiger charge is 2.22. The molecule has 0 unspecified atom stereocenters. The van der Waals surface area contributed by atoms with Crippen molar-refractivity contribution in [3.8, 4) is 22.3 Å². The SMILES string of the molecule is C/C=C\C(=C/[C@H](C)CC)c1cccc(-c2c3ccccc3c(-c3ccc(C4CCCCC4)c4ccccc34)c3ccccc23)c1. The Hall–Kier alpha value is -4.42. The Balaban J connectivity index is 1.49. The summed E-state index contributed by atoms with van der Waals surface area (Å²) in [5.74, 6) is 1.20. The minimum absolute atomic E-state index is 0.528. The van der Waals surface area contributed by atoms with Gasteiger partial charge in [-0.15, -0.1) is 0 Å². The Labute approximate surface area is 269 Å². The number of allylic oxidation sites excluding steroid dienone is 4. The number of benzene rings is 6. The van der Waals surface area contributed by atoms with Crippen LogP contribution >= 0.6 is 0 Å². The molecular formula is C45H44. The number of fused-ring (bicyclic) bond motifs is 3. The van der Waals surface area contributed by atoms with Crippen LogP contribution in [0.1, 0.15) is 76.3 Å². The van der Waals surface area contributed by atoms with E-state index in [-0.39, 0.29) is 0 Å². The predicted molar refractivity (Wildman–Crippen MR) is 198 cm³/mol. The summed E-state index contributed by atoms with van der Waals surface area (Å²) in [7, 11) is 0. The van der Waals surface area contributed by atoms with Gasteiger partial charge in [0.15, 0.2) is 0 Å². The highest BCUT2D eigenvalue weighted by Crippen LogP contribution is 2.47. The molecule has 0 N–H and O–H groups in total. The van der Waals surface area contributed by atoms with Crippen LogP contribution in [0.4, 0.5) is 0 Å². The lowest BCUT2D eigenvalue weighted by Gasteiger charge is -2.25. The quantitative estimate of drug-likeness (QED) is 0.129. The Morgan fingerprint density at radius 1 is 0.667 bits per heavy atom. The normalized spacial score (nSPS) is 15.4.